The highest BCUT2D eigenvalue weighted by atomic mass is 16.5. The van der Waals surface area contributed by atoms with Gasteiger partial charge in [0.15, 0.2) is 0 Å². The molecule has 0 radical (unpaired) electrons. The lowest BCUT2D eigenvalue weighted by Crippen LogP contribution is -2.43. The van der Waals surface area contributed by atoms with Crippen LogP contribution < -0.4 is 5.32 Å². The molecule has 0 unspecified atom stereocenters. The average molecular weight is 467 g/mol. The molecule has 7 heteroatoms. The van der Waals surface area contributed by atoms with Crippen LogP contribution in [0.3, 0.4) is 0 Å². The largest absolute Gasteiger partial charge is 0.481 e. The summed E-state index contributed by atoms with van der Waals surface area (Å²) in [5, 5.41) is 11.6. The molecule has 34 heavy (non-hydrogen) atoms. The number of hydrogen-bond acceptors (Lipinski definition) is 4. The Morgan fingerprint density at radius 1 is 1.00 bits per heavy atom. The van der Waals surface area contributed by atoms with Crippen LogP contribution >= 0.6 is 0 Å². The Morgan fingerprint density at radius 2 is 1.59 bits per heavy atom. The van der Waals surface area contributed by atoms with Crippen LogP contribution in [0.1, 0.15) is 56.6 Å². The van der Waals surface area contributed by atoms with Crippen LogP contribution in [0.15, 0.2) is 48.5 Å². The molecule has 0 heterocycles. The molecule has 0 spiro atoms. The van der Waals surface area contributed by atoms with Gasteiger partial charge in [-0.3, -0.25) is 9.59 Å². The summed E-state index contributed by atoms with van der Waals surface area (Å²) in [5.41, 5.74) is 4.64. The van der Waals surface area contributed by atoms with E-state index in [-0.39, 0.29) is 43.2 Å². The van der Waals surface area contributed by atoms with Crippen LogP contribution in [0, 0.1) is 5.92 Å². The molecule has 1 aliphatic carbocycles. The molecule has 0 saturated heterocycles. The van der Waals surface area contributed by atoms with Crippen molar-refractivity contribution < 1.29 is 24.2 Å². The summed E-state index contributed by atoms with van der Waals surface area (Å²) in [6.07, 6.45) is 0.883. The van der Waals surface area contributed by atoms with Gasteiger partial charge in [0.25, 0.3) is 0 Å². The molecular weight excluding hydrogens is 432 g/mol. The Hall–Kier alpha value is -3.35. The molecule has 2 aromatic carbocycles. The molecule has 0 bridgehead atoms. The zero-order valence-corrected chi connectivity index (χ0v) is 20.1. The number of rotatable bonds is 11. The van der Waals surface area contributed by atoms with Gasteiger partial charge in [-0.15, -0.1) is 0 Å². The number of carboxylic acids is 1. The van der Waals surface area contributed by atoms with E-state index in [1.165, 1.54) is 11.1 Å². The fourth-order valence-electron chi connectivity index (χ4n) is 4.34. The fraction of sp³-hybridized carbons (Fsp3) is 0.444. The van der Waals surface area contributed by atoms with E-state index in [1.807, 2.05) is 38.1 Å². The molecule has 2 N–H and O–H groups in total. The van der Waals surface area contributed by atoms with Crippen molar-refractivity contribution in [3.05, 3.63) is 59.7 Å². The molecule has 0 fully saturated rings. The Balaban J connectivity index is 1.53. The van der Waals surface area contributed by atoms with Gasteiger partial charge in [-0.05, 0) is 41.0 Å². The highest BCUT2D eigenvalue weighted by Crippen LogP contribution is 2.44. The first-order valence-electron chi connectivity index (χ1n) is 11.8. The molecule has 2 aromatic rings. The number of carbonyl (C=O) groups excluding carboxylic acids is 2. The van der Waals surface area contributed by atoms with Crippen molar-refractivity contribution in [1.29, 1.82) is 0 Å². The number of alkyl carbamates (subject to hydrolysis) is 1. The summed E-state index contributed by atoms with van der Waals surface area (Å²) in [4.78, 5) is 37.5. The molecule has 182 valence electrons. The topological polar surface area (TPSA) is 95.9 Å². The number of ether oxygens (including phenoxy) is 1. The second-order valence-electron chi connectivity index (χ2n) is 9.19. The Labute approximate surface area is 201 Å². The normalized spacial score (nSPS) is 13.2. The predicted octanol–water partition coefficient (Wildman–Crippen LogP) is 4.65. The van der Waals surface area contributed by atoms with Gasteiger partial charge in [-0.1, -0.05) is 62.4 Å². The molecule has 0 saturated carbocycles. The predicted molar refractivity (Wildman–Crippen MR) is 131 cm³/mol. The third-order valence-electron chi connectivity index (χ3n) is 6.41. The molecule has 1 atom stereocenters. The lowest BCUT2D eigenvalue weighted by molar-refractivity contribution is -0.137. The second kappa shape index (κ2) is 11.7. The summed E-state index contributed by atoms with van der Waals surface area (Å²) in [6, 6.07) is 16.0. The maximum absolute atomic E-state index is 12.7. The van der Waals surface area contributed by atoms with Crippen LogP contribution in [-0.4, -0.2) is 54.2 Å². The number of nitrogens with zero attached hydrogens (tertiary/aromatic N) is 1. The maximum atomic E-state index is 12.7. The lowest BCUT2D eigenvalue weighted by Gasteiger charge is -2.25. The molecule has 7 nitrogen and oxygen atoms in total. The van der Waals surface area contributed by atoms with Crippen LogP contribution in [0.25, 0.3) is 11.1 Å². The van der Waals surface area contributed by atoms with Gasteiger partial charge in [-0.2, -0.15) is 0 Å². The monoisotopic (exact) mass is 466 g/mol. The first-order valence-corrected chi connectivity index (χ1v) is 11.8. The van der Waals surface area contributed by atoms with Gasteiger partial charge in [0, 0.05) is 38.4 Å². The van der Waals surface area contributed by atoms with Crippen molar-refractivity contribution >= 4 is 18.0 Å². The third kappa shape index (κ3) is 6.37. The van der Waals surface area contributed by atoms with Crippen LogP contribution in [-0.2, 0) is 14.3 Å². The number of fused-ring (bicyclic) bond motifs is 3. The van der Waals surface area contributed by atoms with E-state index in [1.54, 1.807) is 11.9 Å². The first-order chi connectivity index (χ1) is 16.3. The molecular formula is C27H34N2O5. The van der Waals surface area contributed by atoms with E-state index in [9.17, 15) is 14.4 Å². The molecule has 3 rings (SSSR count). The molecule has 0 aromatic heterocycles. The highest BCUT2D eigenvalue weighted by Gasteiger charge is 2.29. The number of unbranched alkanes of at least 4 members (excludes halogenated alkanes) is 1. The minimum absolute atomic E-state index is 0.0192. The van der Waals surface area contributed by atoms with Crippen LogP contribution in [0.5, 0.6) is 0 Å². The van der Waals surface area contributed by atoms with E-state index in [4.69, 9.17) is 9.84 Å². The van der Waals surface area contributed by atoms with E-state index >= 15 is 0 Å². The van der Waals surface area contributed by atoms with Gasteiger partial charge in [0.2, 0.25) is 5.91 Å². The number of hydrogen-bond donors (Lipinski definition) is 2. The first kappa shape index (κ1) is 25.3. The Morgan fingerprint density at radius 3 is 2.15 bits per heavy atom. The molecule has 0 aliphatic heterocycles. The fourth-order valence-corrected chi connectivity index (χ4v) is 4.34. The van der Waals surface area contributed by atoms with E-state index in [0.717, 1.165) is 11.1 Å². The zero-order valence-electron chi connectivity index (χ0n) is 20.1. The minimum Gasteiger partial charge on any atom is -0.481 e. The van der Waals surface area contributed by atoms with E-state index in [0.29, 0.717) is 19.4 Å². The number of aliphatic carboxylic acids is 1. The summed E-state index contributed by atoms with van der Waals surface area (Å²) in [6.45, 7) is 4.62. The average Bonchev–Trinajstić information content (AvgIpc) is 3.13. The van der Waals surface area contributed by atoms with E-state index in [2.05, 4.69) is 29.6 Å². The van der Waals surface area contributed by atoms with Crippen molar-refractivity contribution in [2.45, 2.75) is 51.5 Å². The number of amides is 2. The lowest BCUT2D eigenvalue weighted by atomic mass is 9.98. The summed E-state index contributed by atoms with van der Waals surface area (Å²) < 4.78 is 5.63. The van der Waals surface area contributed by atoms with Crippen LogP contribution in [0.4, 0.5) is 4.79 Å². The smallest absolute Gasteiger partial charge is 0.407 e. The number of carboxylic acid groups (broad SMARTS) is 1. The Kier molecular flexibility index (Phi) is 8.68. The maximum Gasteiger partial charge on any atom is 0.407 e. The van der Waals surface area contributed by atoms with Gasteiger partial charge < -0.3 is 20.1 Å². The van der Waals surface area contributed by atoms with Crippen LogP contribution in [0.2, 0.25) is 0 Å². The Bertz CT molecular complexity index is 974. The minimum atomic E-state index is -0.832. The van der Waals surface area contributed by atoms with Gasteiger partial charge in [0.1, 0.15) is 6.61 Å². The van der Waals surface area contributed by atoms with Crippen molar-refractivity contribution in [1.82, 2.24) is 10.2 Å². The van der Waals surface area contributed by atoms with Gasteiger partial charge >= 0.3 is 12.1 Å². The number of nitrogens with one attached hydrogen (secondary N) is 1. The van der Waals surface area contributed by atoms with Gasteiger partial charge in [-0.25, -0.2) is 4.79 Å². The standard InChI is InChI=1S/C27H34N2O5/c1-18(2)24(16-25(30)29(3)15-9-8-14-26(31)32)28-27(33)34-17-23-21-12-6-4-10-19(21)20-11-5-7-13-22(20)23/h4-7,10-13,18,23-24H,8-9,14-17H2,1-3H3,(H,28,33)(H,31,32)/t24-/m0/s1. The van der Waals surface area contributed by atoms with Crippen molar-refractivity contribution in [3.63, 3.8) is 0 Å². The number of carbonyl (C=O) groups is 3. The summed E-state index contributed by atoms with van der Waals surface area (Å²) in [5.74, 6) is -0.895. The molecule has 2 amide bonds. The van der Waals surface area contributed by atoms with Crippen molar-refractivity contribution in [2.24, 2.45) is 5.92 Å². The SMILES string of the molecule is CC(C)[C@H](CC(=O)N(C)CCCCC(=O)O)NC(=O)OCC1c2ccccc2-c2ccccc21. The third-order valence-corrected chi connectivity index (χ3v) is 6.41. The zero-order chi connectivity index (χ0) is 24.7. The van der Waals surface area contributed by atoms with E-state index < -0.39 is 12.1 Å². The van der Waals surface area contributed by atoms with Gasteiger partial charge in [0.05, 0.1) is 0 Å². The van der Waals surface area contributed by atoms with Crippen molar-refractivity contribution in [3.8, 4) is 11.1 Å². The second-order valence-corrected chi connectivity index (χ2v) is 9.19. The highest BCUT2D eigenvalue weighted by molar-refractivity contribution is 5.79. The summed E-state index contributed by atoms with van der Waals surface area (Å²) >= 11 is 0. The van der Waals surface area contributed by atoms with Crippen molar-refractivity contribution in [2.75, 3.05) is 20.2 Å². The summed E-state index contributed by atoms with van der Waals surface area (Å²) in [7, 11) is 1.70. The number of benzene rings is 2. The quantitative estimate of drug-likeness (QED) is 0.470. The molecule has 1 aliphatic rings.